The number of nitrogens with two attached hydrogens (primary N) is 1. The van der Waals surface area contributed by atoms with Crippen molar-refractivity contribution in [1.29, 1.82) is 5.26 Å². The average Bonchev–Trinajstić information content (AvgIpc) is 2.76. The Morgan fingerprint density at radius 3 is 2.94 bits per heavy atom. The van der Waals surface area contributed by atoms with Gasteiger partial charge in [-0.05, 0) is 37.1 Å². The van der Waals surface area contributed by atoms with E-state index in [1.54, 1.807) is 11.8 Å². The van der Waals surface area contributed by atoms with E-state index < -0.39 is 0 Å². The molecule has 0 aliphatic heterocycles. The fourth-order valence-corrected chi connectivity index (χ4v) is 3.03. The highest BCUT2D eigenvalue weighted by Gasteiger charge is 2.24. The number of nitriles is 1. The van der Waals surface area contributed by atoms with Crippen LogP contribution < -0.4 is 10.5 Å². The maximum Gasteiger partial charge on any atom is 0.138 e. The van der Waals surface area contributed by atoms with Gasteiger partial charge in [0.2, 0.25) is 0 Å². The summed E-state index contributed by atoms with van der Waals surface area (Å²) in [6, 6.07) is 8.30. The first-order valence-electron chi connectivity index (χ1n) is 6.32. The largest absolute Gasteiger partial charge is 0.489 e. The van der Waals surface area contributed by atoms with E-state index >= 15 is 0 Å². The van der Waals surface area contributed by atoms with E-state index in [-0.39, 0.29) is 12.1 Å². The van der Waals surface area contributed by atoms with E-state index in [2.05, 4.69) is 13.0 Å². The van der Waals surface area contributed by atoms with Crippen LogP contribution in [0.3, 0.4) is 0 Å². The number of hydrogen-bond donors (Lipinski definition) is 1. The molecule has 4 heteroatoms. The highest BCUT2D eigenvalue weighted by Crippen LogP contribution is 2.32. The zero-order valence-electron chi connectivity index (χ0n) is 10.6. The van der Waals surface area contributed by atoms with Crippen LogP contribution in [0.15, 0.2) is 23.1 Å². The fraction of sp³-hybridized carbons (Fsp3) is 0.500. The molecule has 1 aliphatic carbocycles. The number of thioether (sulfide) groups is 1. The molecular weight excluding hydrogens is 244 g/mol. The molecule has 0 aromatic heterocycles. The van der Waals surface area contributed by atoms with Crippen molar-refractivity contribution in [2.45, 2.75) is 43.2 Å². The average molecular weight is 262 g/mol. The molecule has 2 unspecified atom stereocenters. The van der Waals surface area contributed by atoms with Gasteiger partial charge in [-0.2, -0.15) is 5.26 Å². The molecule has 1 aromatic carbocycles. The van der Waals surface area contributed by atoms with Gasteiger partial charge in [-0.25, -0.2) is 0 Å². The van der Waals surface area contributed by atoms with Gasteiger partial charge in [0.05, 0.1) is 0 Å². The fourth-order valence-electron chi connectivity index (χ4n) is 2.26. The molecule has 18 heavy (non-hydrogen) atoms. The number of nitrogens with zero attached hydrogens (tertiary/aromatic N) is 1. The van der Waals surface area contributed by atoms with E-state index in [1.165, 1.54) is 0 Å². The summed E-state index contributed by atoms with van der Waals surface area (Å²) < 4.78 is 5.94. The number of rotatable bonds is 4. The van der Waals surface area contributed by atoms with E-state index in [9.17, 15) is 5.26 Å². The Kier molecular flexibility index (Phi) is 4.51. The molecular formula is C14H18N2OS. The van der Waals surface area contributed by atoms with Gasteiger partial charge in [0, 0.05) is 10.9 Å². The van der Waals surface area contributed by atoms with E-state index in [4.69, 9.17) is 10.5 Å². The smallest absolute Gasteiger partial charge is 0.138 e. The van der Waals surface area contributed by atoms with Gasteiger partial charge < -0.3 is 10.5 Å². The van der Waals surface area contributed by atoms with Crippen LogP contribution in [-0.2, 0) is 0 Å². The molecule has 1 aromatic rings. The second kappa shape index (κ2) is 6.12. The second-order valence-electron chi connectivity index (χ2n) is 4.49. The third-order valence-corrected chi connectivity index (χ3v) is 4.06. The Morgan fingerprint density at radius 2 is 2.33 bits per heavy atom. The summed E-state index contributed by atoms with van der Waals surface area (Å²) in [7, 11) is 0. The van der Waals surface area contributed by atoms with Crippen molar-refractivity contribution in [2.75, 3.05) is 5.75 Å². The Labute approximate surface area is 112 Å². The summed E-state index contributed by atoms with van der Waals surface area (Å²) in [6.07, 6.45) is 3.04. The predicted octanol–water partition coefficient (Wildman–Crippen LogP) is 2.93. The first-order valence-corrected chi connectivity index (χ1v) is 7.31. The molecule has 3 nitrogen and oxygen atoms in total. The summed E-state index contributed by atoms with van der Waals surface area (Å²) in [5.41, 5.74) is 6.54. The van der Waals surface area contributed by atoms with E-state index in [1.807, 2.05) is 18.2 Å². The summed E-state index contributed by atoms with van der Waals surface area (Å²) in [6.45, 7) is 2.08. The van der Waals surface area contributed by atoms with Crippen LogP contribution >= 0.6 is 11.8 Å². The molecule has 2 rings (SSSR count). The van der Waals surface area contributed by atoms with Gasteiger partial charge in [0.25, 0.3) is 0 Å². The minimum absolute atomic E-state index is 0.161. The Bertz CT molecular complexity index is 456. The molecule has 96 valence electrons. The van der Waals surface area contributed by atoms with Crippen LogP contribution in [-0.4, -0.2) is 17.9 Å². The lowest BCUT2D eigenvalue weighted by Crippen LogP contribution is -2.19. The molecule has 0 amide bonds. The Morgan fingerprint density at radius 1 is 1.50 bits per heavy atom. The van der Waals surface area contributed by atoms with Gasteiger partial charge in [0.15, 0.2) is 0 Å². The third kappa shape index (κ3) is 2.98. The van der Waals surface area contributed by atoms with Gasteiger partial charge in [-0.1, -0.05) is 13.0 Å². The maximum absolute atomic E-state index is 9.28. The monoisotopic (exact) mass is 262 g/mol. The topological polar surface area (TPSA) is 59.0 Å². The summed E-state index contributed by atoms with van der Waals surface area (Å²) in [5, 5.41) is 9.28. The molecule has 0 spiro atoms. The van der Waals surface area contributed by atoms with Gasteiger partial charge in [0.1, 0.15) is 23.5 Å². The van der Waals surface area contributed by atoms with Crippen LogP contribution in [0.1, 0.15) is 31.7 Å². The van der Waals surface area contributed by atoms with Crippen LogP contribution in [0, 0.1) is 11.3 Å². The van der Waals surface area contributed by atoms with E-state index in [0.717, 1.165) is 29.9 Å². The van der Waals surface area contributed by atoms with Crippen molar-refractivity contribution in [3.8, 4) is 11.8 Å². The third-order valence-electron chi connectivity index (χ3n) is 3.12. The molecule has 1 saturated carbocycles. The lowest BCUT2D eigenvalue weighted by Gasteiger charge is -2.15. The van der Waals surface area contributed by atoms with Crippen LogP contribution in [0.5, 0.6) is 5.75 Å². The molecule has 1 aliphatic rings. The SMILES string of the molecule is CCSc1cccc(OC2CCC(N)C2)c1C#N. The van der Waals surface area contributed by atoms with Crippen molar-refractivity contribution in [3.05, 3.63) is 23.8 Å². The quantitative estimate of drug-likeness (QED) is 0.848. The number of hydrogen-bond acceptors (Lipinski definition) is 4. The summed E-state index contributed by atoms with van der Waals surface area (Å²) in [5.74, 6) is 1.65. The predicted molar refractivity (Wildman–Crippen MR) is 73.8 cm³/mol. The summed E-state index contributed by atoms with van der Waals surface area (Å²) in [4.78, 5) is 1.000. The first-order chi connectivity index (χ1) is 8.74. The van der Waals surface area contributed by atoms with Crippen molar-refractivity contribution >= 4 is 11.8 Å². The van der Waals surface area contributed by atoms with Crippen LogP contribution in [0.25, 0.3) is 0 Å². The molecule has 2 atom stereocenters. The van der Waals surface area contributed by atoms with Crippen molar-refractivity contribution < 1.29 is 4.74 Å². The van der Waals surface area contributed by atoms with Crippen molar-refractivity contribution in [3.63, 3.8) is 0 Å². The zero-order valence-corrected chi connectivity index (χ0v) is 11.4. The minimum Gasteiger partial charge on any atom is -0.489 e. The van der Waals surface area contributed by atoms with Gasteiger partial charge in [-0.15, -0.1) is 11.8 Å². The molecule has 0 radical (unpaired) electrons. The normalized spacial score (nSPS) is 22.7. The highest BCUT2D eigenvalue weighted by molar-refractivity contribution is 7.99. The summed E-state index contributed by atoms with van der Waals surface area (Å²) >= 11 is 1.67. The highest BCUT2D eigenvalue weighted by atomic mass is 32.2. The molecule has 0 heterocycles. The molecule has 0 saturated heterocycles. The molecule has 0 bridgehead atoms. The van der Waals surface area contributed by atoms with Crippen LogP contribution in [0.2, 0.25) is 0 Å². The van der Waals surface area contributed by atoms with E-state index in [0.29, 0.717) is 11.3 Å². The Hall–Kier alpha value is -1.18. The number of ether oxygens (including phenoxy) is 1. The van der Waals surface area contributed by atoms with Gasteiger partial charge >= 0.3 is 0 Å². The molecule has 2 N–H and O–H groups in total. The molecule has 1 fully saturated rings. The van der Waals surface area contributed by atoms with Crippen molar-refractivity contribution in [2.24, 2.45) is 5.73 Å². The zero-order chi connectivity index (χ0) is 13.0. The number of benzene rings is 1. The van der Waals surface area contributed by atoms with Crippen molar-refractivity contribution in [1.82, 2.24) is 0 Å². The Balaban J connectivity index is 2.17. The van der Waals surface area contributed by atoms with Crippen LogP contribution in [0.4, 0.5) is 0 Å². The lowest BCUT2D eigenvalue weighted by molar-refractivity contribution is 0.207. The minimum atomic E-state index is 0.161. The maximum atomic E-state index is 9.28. The standard InChI is InChI=1S/C14H18N2OS/c1-2-18-14-5-3-4-13(12(14)9-15)17-11-7-6-10(16)8-11/h3-5,10-11H,2,6-8,16H2,1H3. The first kappa shape index (κ1) is 13.3. The second-order valence-corrected chi connectivity index (χ2v) is 5.79. The lowest BCUT2D eigenvalue weighted by atomic mass is 10.2. The van der Waals surface area contributed by atoms with Gasteiger partial charge in [-0.3, -0.25) is 0 Å².